The van der Waals surface area contributed by atoms with Gasteiger partial charge in [-0.2, -0.15) is 0 Å². The van der Waals surface area contributed by atoms with Crippen molar-refractivity contribution < 1.29 is 13.9 Å². The zero-order chi connectivity index (χ0) is 17.9. The van der Waals surface area contributed by atoms with Crippen molar-refractivity contribution in [2.24, 2.45) is 0 Å². The van der Waals surface area contributed by atoms with E-state index in [1.807, 2.05) is 4.90 Å². The van der Waals surface area contributed by atoms with Crippen LogP contribution in [-0.4, -0.2) is 51.6 Å². The maximum atomic E-state index is 13.9. The lowest BCUT2D eigenvalue weighted by atomic mass is 10.1. The fourth-order valence-corrected chi connectivity index (χ4v) is 3.32. The highest BCUT2D eigenvalue weighted by atomic mass is 19.1. The highest BCUT2D eigenvalue weighted by Gasteiger charge is 2.29. The number of carbonyl (C=O) groups is 1. The quantitative estimate of drug-likeness (QED) is 0.782. The number of hydrogen-bond acceptors (Lipinski definition) is 4. The van der Waals surface area contributed by atoms with Crippen molar-refractivity contribution in [2.45, 2.75) is 18.9 Å². The number of para-hydroxylation sites is 1. The average Bonchev–Trinajstić information content (AvgIpc) is 3.13. The van der Waals surface area contributed by atoms with E-state index in [0.29, 0.717) is 42.8 Å². The third-order valence-electron chi connectivity index (χ3n) is 4.67. The first kappa shape index (κ1) is 16.7. The topological polar surface area (TPSA) is 71.1 Å². The molecule has 0 bridgehead atoms. The molecule has 1 atom stereocenters. The van der Waals surface area contributed by atoms with E-state index >= 15 is 0 Å². The number of fused-ring (bicyclic) bond motifs is 1. The Bertz CT molecular complexity index is 912. The minimum absolute atomic E-state index is 0.0467. The van der Waals surface area contributed by atoms with Crippen LogP contribution in [0.2, 0.25) is 0 Å². The highest BCUT2D eigenvalue weighted by molar-refractivity contribution is 5.98. The van der Waals surface area contributed by atoms with Crippen LogP contribution in [0.4, 0.5) is 4.39 Å². The van der Waals surface area contributed by atoms with E-state index in [1.165, 1.54) is 6.07 Å². The number of H-pyrrole nitrogens is 1. The van der Waals surface area contributed by atoms with Crippen LogP contribution in [0.5, 0.6) is 0 Å². The molecule has 134 valence electrons. The molecule has 0 aliphatic carbocycles. The van der Waals surface area contributed by atoms with Crippen molar-refractivity contribution in [2.75, 3.05) is 19.8 Å². The van der Waals surface area contributed by atoms with Crippen LogP contribution in [0.15, 0.2) is 42.9 Å². The molecule has 6 nitrogen and oxygen atoms in total. The molecule has 1 N–H and O–H groups in total. The van der Waals surface area contributed by atoms with Gasteiger partial charge >= 0.3 is 0 Å². The first-order valence-electron chi connectivity index (χ1n) is 8.63. The number of nitrogens with one attached hydrogen (secondary N) is 1. The molecule has 1 aromatic carbocycles. The van der Waals surface area contributed by atoms with Crippen LogP contribution >= 0.6 is 0 Å². The average molecular weight is 354 g/mol. The number of benzene rings is 1. The molecule has 0 unspecified atom stereocenters. The number of morpholine rings is 1. The van der Waals surface area contributed by atoms with Crippen molar-refractivity contribution in [3.8, 4) is 0 Å². The fourth-order valence-electron chi connectivity index (χ4n) is 3.32. The van der Waals surface area contributed by atoms with Crippen LogP contribution in [0.1, 0.15) is 22.6 Å². The predicted octanol–water partition coefficient (Wildman–Crippen LogP) is 2.57. The van der Waals surface area contributed by atoms with Crippen LogP contribution in [0.3, 0.4) is 0 Å². The molecule has 2 aromatic heterocycles. The van der Waals surface area contributed by atoms with Crippen LogP contribution in [-0.2, 0) is 11.2 Å². The molecule has 1 aliphatic rings. The van der Waals surface area contributed by atoms with E-state index in [0.717, 1.165) is 12.1 Å². The maximum absolute atomic E-state index is 13.9. The smallest absolute Gasteiger partial charge is 0.270 e. The summed E-state index contributed by atoms with van der Waals surface area (Å²) in [5.41, 5.74) is 1.65. The Kier molecular flexibility index (Phi) is 4.62. The number of carbonyl (C=O) groups excluding carboxylic acids is 1. The van der Waals surface area contributed by atoms with Gasteiger partial charge in [0.2, 0.25) is 0 Å². The Balaban J connectivity index is 1.52. The standard InChI is InChI=1S/C19H19FN4O2/c20-16-3-1-2-13-10-17(23-18(13)16)19(25)24-8-9-26-12-15(24)5-4-14-11-21-6-7-22-14/h1-3,6-7,10-11,15,23H,4-5,8-9,12H2/t15-/m0/s1. The summed E-state index contributed by atoms with van der Waals surface area (Å²) in [7, 11) is 0. The van der Waals surface area contributed by atoms with Crippen LogP contribution in [0, 0.1) is 5.82 Å². The molecule has 0 saturated carbocycles. The molecule has 1 aliphatic heterocycles. The summed E-state index contributed by atoms with van der Waals surface area (Å²) in [6.07, 6.45) is 6.48. The van der Waals surface area contributed by atoms with E-state index in [9.17, 15) is 9.18 Å². The SMILES string of the molecule is O=C(c1cc2cccc(F)c2[nH]1)N1CCOC[C@@H]1CCc1cnccn1. The third-order valence-corrected chi connectivity index (χ3v) is 4.67. The zero-order valence-corrected chi connectivity index (χ0v) is 14.2. The van der Waals surface area contributed by atoms with Crippen LogP contribution < -0.4 is 0 Å². The molecule has 1 fully saturated rings. The lowest BCUT2D eigenvalue weighted by Crippen LogP contribution is -2.49. The van der Waals surface area contributed by atoms with Gasteiger partial charge in [0.25, 0.3) is 5.91 Å². The molecule has 1 amide bonds. The van der Waals surface area contributed by atoms with Gasteiger partial charge in [0.1, 0.15) is 11.5 Å². The molecule has 3 aromatic rings. The van der Waals surface area contributed by atoms with E-state index in [-0.39, 0.29) is 17.8 Å². The minimum Gasteiger partial charge on any atom is -0.377 e. The van der Waals surface area contributed by atoms with Crippen LogP contribution in [0.25, 0.3) is 10.9 Å². The van der Waals surface area contributed by atoms with Gasteiger partial charge in [0.15, 0.2) is 0 Å². The minimum atomic E-state index is -0.359. The van der Waals surface area contributed by atoms with Gasteiger partial charge in [-0.25, -0.2) is 4.39 Å². The number of aromatic nitrogens is 3. The normalized spacial score (nSPS) is 17.6. The van der Waals surface area contributed by atoms with E-state index in [4.69, 9.17) is 4.74 Å². The molecule has 7 heteroatoms. The zero-order valence-electron chi connectivity index (χ0n) is 14.2. The summed E-state index contributed by atoms with van der Waals surface area (Å²) in [5, 5.41) is 0.692. The first-order valence-corrected chi connectivity index (χ1v) is 8.63. The van der Waals surface area contributed by atoms with Crippen molar-refractivity contribution in [3.05, 3.63) is 60.1 Å². The van der Waals surface area contributed by atoms with Crippen molar-refractivity contribution in [1.29, 1.82) is 0 Å². The predicted molar refractivity (Wildman–Crippen MR) is 94.3 cm³/mol. The summed E-state index contributed by atoms with van der Waals surface area (Å²) in [4.78, 5) is 26.1. The summed E-state index contributed by atoms with van der Waals surface area (Å²) in [6.45, 7) is 1.50. The van der Waals surface area contributed by atoms with Gasteiger partial charge in [-0.05, 0) is 25.0 Å². The number of aryl methyl sites for hydroxylation is 1. The summed E-state index contributed by atoms with van der Waals surface area (Å²) < 4.78 is 19.5. The maximum Gasteiger partial charge on any atom is 0.270 e. The summed E-state index contributed by atoms with van der Waals surface area (Å²) in [5.74, 6) is -0.490. The number of rotatable bonds is 4. The number of aromatic amines is 1. The Morgan fingerprint density at radius 2 is 2.31 bits per heavy atom. The second-order valence-corrected chi connectivity index (χ2v) is 6.35. The molecule has 0 radical (unpaired) electrons. The summed E-state index contributed by atoms with van der Waals surface area (Å²) >= 11 is 0. The van der Waals surface area contributed by atoms with Gasteiger partial charge in [-0.3, -0.25) is 14.8 Å². The van der Waals surface area contributed by atoms with Gasteiger partial charge in [0, 0.05) is 30.5 Å². The molecule has 4 rings (SSSR count). The number of hydrogen-bond donors (Lipinski definition) is 1. The second-order valence-electron chi connectivity index (χ2n) is 6.35. The largest absolute Gasteiger partial charge is 0.377 e. The third kappa shape index (κ3) is 3.30. The lowest BCUT2D eigenvalue weighted by molar-refractivity contribution is -0.00438. The summed E-state index contributed by atoms with van der Waals surface area (Å²) in [6, 6.07) is 6.46. The van der Waals surface area contributed by atoms with Crippen molar-refractivity contribution in [1.82, 2.24) is 19.9 Å². The van der Waals surface area contributed by atoms with Gasteiger partial charge in [-0.15, -0.1) is 0 Å². The number of ether oxygens (including phenoxy) is 1. The number of amides is 1. The molecule has 0 spiro atoms. The van der Waals surface area contributed by atoms with Gasteiger partial charge in [-0.1, -0.05) is 12.1 Å². The van der Waals surface area contributed by atoms with Gasteiger partial charge in [0.05, 0.1) is 30.5 Å². The molecular weight excluding hydrogens is 335 g/mol. The molecular formula is C19H19FN4O2. The van der Waals surface area contributed by atoms with E-state index in [1.54, 1.807) is 36.8 Å². The highest BCUT2D eigenvalue weighted by Crippen LogP contribution is 2.22. The second kappa shape index (κ2) is 7.21. The first-order chi connectivity index (χ1) is 12.7. The fraction of sp³-hybridized carbons (Fsp3) is 0.316. The van der Waals surface area contributed by atoms with E-state index in [2.05, 4.69) is 15.0 Å². The van der Waals surface area contributed by atoms with Gasteiger partial charge < -0.3 is 14.6 Å². The Morgan fingerprint density at radius 1 is 1.38 bits per heavy atom. The van der Waals surface area contributed by atoms with E-state index < -0.39 is 0 Å². The van der Waals surface area contributed by atoms with Crippen molar-refractivity contribution in [3.63, 3.8) is 0 Å². The molecule has 1 saturated heterocycles. The Labute approximate surface area is 150 Å². The number of nitrogens with zero attached hydrogens (tertiary/aromatic N) is 3. The molecule has 26 heavy (non-hydrogen) atoms. The number of halogens is 1. The lowest BCUT2D eigenvalue weighted by Gasteiger charge is -2.35. The van der Waals surface area contributed by atoms with Crippen molar-refractivity contribution >= 4 is 16.8 Å². The monoisotopic (exact) mass is 354 g/mol. The Hall–Kier alpha value is -2.80. The molecule has 3 heterocycles. The Morgan fingerprint density at radius 3 is 3.12 bits per heavy atom.